The first-order chi connectivity index (χ1) is 13.7. The van der Waals surface area contributed by atoms with Crippen molar-refractivity contribution in [2.45, 2.75) is 33.2 Å². The van der Waals surface area contributed by atoms with Crippen LogP contribution >= 0.6 is 27.3 Å². The van der Waals surface area contributed by atoms with Crippen molar-refractivity contribution in [2.75, 3.05) is 35.6 Å². The third kappa shape index (κ3) is 4.77. The second kappa shape index (κ2) is 8.78. The number of nitrogens with one attached hydrogen (secondary N) is 1. The lowest BCUT2D eigenvalue weighted by atomic mass is 10.1. The Morgan fingerprint density at radius 2 is 2.07 bits per heavy atom. The third-order valence-corrected chi connectivity index (χ3v) is 6.04. The van der Waals surface area contributed by atoms with Gasteiger partial charge in [0.2, 0.25) is 11.0 Å². The summed E-state index contributed by atoms with van der Waals surface area (Å²) in [4.78, 5) is 16.4. The maximum Gasteiger partial charge on any atom is 0.291 e. The minimum atomic E-state index is -2.66. The number of benzene rings is 1. The highest BCUT2D eigenvalue weighted by atomic mass is 79.9. The monoisotopic (exact) mass is 488 g/mol. The van der Waals surface area contributed by atoms with Crippen LogP contribution in [0.15, 0.2) is 16.6 Å². The van der Waals surface area contributed by atoms with Crippen LogP contribution in [0.4, 0.5) is 31.0 Å². The quantitative estimate of drug-likeness (QED) is 0.611. The summed E-state index contributed by atoms with van der Waals surface area (Å²) in [6.45, 7) is 7.73. The van der Waals surface area contributed by atoms with Gasteiger partial charge in [-0.25, -0.2) is 8.78 Å². The molecule has 0 aliphatic carbocycles. The lowest BCUT2D eigenvalue weighted by Crippen LogP contribution is -2.55. The molecule has 0 spiro atoms. The number of hydrogen-bond acceptors (Lipinski definition) is 7. The molecular formula is C18H23BrF2N6OS. The molecule has 1 aromatic heterocycles. The van der Waals surface area contributed by atoms with Crippen molar-refractivity contribution < 1.29 is 13.6 Å². The van der Waals surface area contributed by atoms with Crippen molar-refractivity contribution in [2.24, 2.45) is 5.92 Å². The molecule has 0 saturated carbocycles. The summed E-state index contributed by atoms with van der Waals surface area (Å²) in [6.07, 6.45) is -2.66. The van der Waals surface area contributed by atoms with Gasteiger partial charge in [0.05, 0.1) is 17.1 Å². The Labute approximate surface area is 180 Å². The Kier molecular flexibility index (Phi) is 6.57. The minimum Gasteiger partial charge on any atom is -0.395 e. The highest BCUT2D eigenvalue weighted by Crippen LogP contribution is 2.38. The number of carbonyl (C=O) groups excluding carboxylic acids is 1. The molecule has 1 aromatic carbocycles. The highest BCUT2D eigenvalue weighted by molar-refractivity contribution is 9.10. The van der Waals surface area contributed by atoms with Gasteiger partial charge in [-0.1, -0.05) is 41.1 Å². The zero-order valence-electron chi connectivity index (χ0n) is 16.3. The Hall–Kier alpha value is -2.01. The van der Waals surface area contributed by atoms with Crippen molar-refractivity contribution in [3.8, 4) is 0 Å². The summed E-state index contributed by atoms with van der Waals surface area (Å²) >= 11 is 4.27. The summed E-state index contributed by atoms with van der Waals surface area (Å²) in [7, 11) is 0. The number of anilines is 4. The largest absolute Gasteiger partial charge is 0.395 e. The number of nitrogens with two attached hydrogens (primary N) is 1. The molecule has 0 radical (unpaired) electrons. The van der Waals surface area contributed by atoms with Gasteiger partial charge in [-0.2, -0.15) is 0 Å². The number of halogens is 3. The van der Waals surface area contributed by atoms with E-state index in [1.54, 1.807) is 6.07 Å². The first-order valence-corrected chi connectivity index (χ1v) is 10.8. The molecule has 3 N–H and O–H groups in total. The fraction of sp³-hybridized carbons (Fsp3) is 0.500. The van der Waals surface area contributed by atoms with E-state index in [-0.39, 0.29) is 28.0 Å². The van der Waals surface area contributed by atoms with E-state index in [2.05, 4.69) is 36.3 Å². The molecule has 1 fully saturated rings. The fourth-order valence-electron chi connectivity index (χ4n) is 3.29. The van der Waals surface area contributed by atoms with Gasteiger partial charge in [0, 0.05) is 36.1 Å². The summed E-state index contributed by atoms with van der Waals surface area (Å²) < 4.78 is 26.3. The SMILES string of the molecule is CC(C)C(=O)N1CCN(c2cc(Br)cc(Nc3nnc(C(F)F)s3)c2N)C[C@H]1C. The molecule has 1 atom stereocenters. The van der Waals surface area contributed by atoms with Crippen molar-refractivity contribution >= 4 is 55.4 Å². The molecule has 0 bridgehead atoms. The Morgan fingerprint density at radius 3 is 2.66 bits per heavy atom. The number of rotatable bonds is 5. The first kappa shape index (κ1) is 21.7. The van der Waals surface area contributed by atoms with E-state index in [4.69, 9.17) is 5.73 Å². The van der Waals surface area contributed by atoms with Gasteiger partial charge in [0.1, 0.15) is 0 Å². The average Bonchev–Trinajstić information content (AvgIpc) is 3.12. The van der Waals surface area contributed by atoms with Crippen LogP contribution in [-0.4, -0.2) is 46.7 Å². The normalized spacial score (nSPS) is 17.3. The number of aromatic nitrogens is 2. The van der Waals surface area contributed by atoms with E-state index in [0.29, 0.717) is 31.0 Å². The minimum absolute atomic E-state index is 0.0409. The van der Waals surface area contributed by atoms with E-state index in [0.717, 1.165) is 21.5 Å². The van der Waals surface area contributed by atoms with Gasteiger partial charge >= 0.3 is 0 Å². The number of piperazine rings is 1. The van der Waals surface area contributed by atoms with E-state index < -0.39 is 6.43 Å². The Balaban J connectivity index is 1.81. The zero-order valence-corrected chi connectivity index (χ0v) is 18.7. The summed E-state index contributed by atoms with van der Waals surface area (Å²) in [6, 6.07) is 3.73. The summed E-state index contributed by atoms with van der Waals surface area (Å²) in [5, 5.41) is 10.1. The number of alkyl halides is 2. The Bertz CT molecular complexity index is 893. The van der Waals surface area contributed by atoms with Crippen molar-refractivity contribution in [3.63, 3.8) is 0 Å². The summed E-state index contributed by atoms with van der Waals surface area (Å²) in [5.41, 5.74) is 8.24. The van der Waals surface area contributed by atoms with E-state index in [1.165, 1.54) is 0 Å². The van der Waals surface area contributed by atoms with Crippen LogP contribution in [0.3, 0.4) is 0 Å². The molecular weight excluding hydrogens is 466 g/mol. The number of carbonyl (C=O) groups is 1. The van der Waals surface area contributed by atoms with Gasteiger partial charge in [0.15, 0.2) is 5.01 Å². The average molecular weight is 489 g/mol. The van der Waals surface area contributed by atoms with Gasteiger partial charge in [-0.05, 0) is 19.1 Å². The number of nitrogen functional groups attached to an aromatic ring is 1. The molecule has 3 rings (SSSR count). The first-order valence-electron chi connectivity index (χ1n) is 9.20. The smallest absolute Gasteiger partial charge is 0.291 e. The zero-order chi connectivity index (χ0) is 21.3. The maximum atomic E-state index is 12.8. The van der Waals surface area contributed by atoms with Crippen LogP contribution < -0.4 is 16.0 Å². The molecule has 0 unspecified atom stereocenters. The van der Waals surface area contributed by atoms with Crippen molar-refractivity contribution in [1.29, 1.82) is 0 Å². The number of hydrogen-bond donors (Lipinski definition) is 2. The van der Waals surface area contributed by atoms with Crippen LogP contribution in [0, 0.1) is 5.92 Å². The molecule has 1 aliphatic rings. The van der Waals surface area contributed by atoms with Crippen LogP contribution in [-0.2, 0) is 4.79 Å². The van der Waals surface area contributed by atoms with E-state index >= 15 is 0 Å². The molecule has 158 valence electrons. The third-order valence-electron chi connectivity index (χ3n) is 4.74. The lowest BCUT2D eigenvalue weighted by Gasteiger charge is -2.42. The van der Waals surface area contributed by atoms with Crippen molar-refractivity contribution in [3.05, 3.63) is 21.6 Å². The standard InChI is InChI=1S/C18H23BrF2N6OS/c1-9(2)17(28)27-5-4-26(8-10(27)3)13-7-11(19)6-12(14(13)22)23-18-25-24-16(29-18)15(20)21/h6-7,9-10,15H,4-5,8,22H2,1-3H3,(H,23,25)/t10-/m1/s1. The molecule has 7 nitrogen and oxygen atoms in total. The van der Waals surface area contributed by atoms with Crippen molar-refractivity contribution in [1.82, 2.24) is 15.1 Å². The molecule has 29 heavy (non-hydrogen) atoms. The predicted octanol–water partition coefficient (Wildman–Crippen LogP) is 4.26. The van der Waals surface area contributed by atoms with E-state index in [1.807, 2.05) is 31.7 Å². The van der Waals surface area contributed by atoms with Crippen LogP contribution in [0.1, 0.15) is 32.2 Å². The summed E-state index contributed by atoms with van der Waals surface area (Å²) in [5.74, 6) is 0.105. The maximum absolute atomic E-state index is 12.8. The molecule has 1 amide bonds. The van der Waals surface area contributed by atoms with Gasteiger partial charge < -0.3 is 20.9 Å². The highest BCUT2D eigenvalue weighted by Gasteiger charge is 2.30. The van der Waals surface area contributed by atoms with Gasteiger partial charge in [-0.15, -0.1) is 10.2 Å². The van der Waals surface area contributed by atoms with Crippen LogP contribution in [0.5, 0.6) is 0 Å². The molecule has 1 saturated heterocycles. The molecule has 11 heteroatoms. The van der Waals surface area contributed by atoms with Crippen LogP contribution in [0.25, 0.3) is 0 Å². The van der Waals surface area contributed by atoms with Crippen LogP contribution in [0.2, 0.25) is 0 Å². The van der Waals surface area contributed by atoms with E-state index in [9.17, 15) is 13.6 Å². The molecule has 2 heterocycles. The second-order valence-corrected chi connectivity index (χ2v) is 9.16. The Morgan fingerprint density at radius 1 is 1.34 bits per heavy atom. The fourth-order valence-corrected chi connectivity index (χ4v) is 4.35. The topological polar surface area (TPSA) is 87.4 Å². The van der Waals surface area contributed by atoms with Gasteiger partial charge in [-0.3, -0.25) is 4.79 Å². The molecule has 1 aliphatic heterocycles. The van der Waals surface area contributed by atoms with Gasteiger partial charge in [0.25, 0.3) is 6.43 Å². The second-order valence-electron chi connectivity index (χ2n) is 7.24. The number of amides is 1. The molecule has 2 aromatic rings. The lowest BCUT2D eigenvalue weighted by molar-refractivity contribution is -0.136. The predicted molar refractivity (Wildman–Crippen MR) is 115 cm³/mol. The number of nitrogens with zero attached hydrogens (tertiary/aromatic N) is 4.